The minimum atomic E-state index is -0.390. The SMILES string of the molecule is N#CCc1ccc(Cc2ccccc2)c([N+](=O)[O-])c1. The predicted molar refractivity (Wildman–Crippen MR) is 71.7 cm³/mol. The van der Waals surface area contributed by atoms with E-state index in [0.29, 0.717) is 17.5 Å². The summed E-state index contributed by atoms with van der Waals surface area (Å²) in [4.78, 5) is 10.7. The molecule has 0 spiro atoms. The molecule has 0 amide bonds. The normalized spacial score (nSPS) is 9.84. The molecule has 0 heterocycles. The highest BCUT2D eigenvalue weighted by atomic mass is 16.6. The summed E-state index contributed by atoms with van der Waals surface area (Å²) < 4.78 is 0. The van der Waals surface area contributed by atoms with Crippen LogP contribution in [-0.4, -0.2) is 4.92 Å². The Morgan fingerprint density at radius 2 is 1.84 bits per heavy atom. The van der Waals surface area contributed by atoms with E-state index in [2.05, 4.69) is 0 Å². The van der Waals surface area contributed by atoms with Crippen molar-refractivity contribution in [1.82, 2.24) is 0 Å². The number of nitriles is 1. The van der Waals surface area contributed by atoms with Gasteiger partial charge in [0.25, 0.3) is 5.69 Å². The molecule has 2 rings (SSSR count). The molecule has 0 aliphatic rings. The zero-order valence-corrected chi connectivity index (χ0v) is 10.2. The Kier molecular flexibility index (Phi) is 3.89. The van der Waals surface area contributed by atoms with Gasteiger partial charge in [-0.25, -0.2) is 0 Å². The van der Waals surface area contributed by atoms with Gasteiger partial charge >= 0.3 is 0 Å². The molecule has 0 fully saturated rings. The van der Waals surface area contributed by atoms with Gasteiger partial charge in [0.05, 0.1) is 17.4 Å². The van der Waals surface area contributed by atoms with E-state index in [1.54, 1.807) is 12.1 Å². The molecule has 0 bridgehead atoms. The van der Waals surface area contributed by atoms with Crippen molar-refractivity contribution in [3.05, 3.63) is 75.3 Å². The summed E-state index contributed by atoms with van der Waals surface area (Å²) in [5, 5.41) is 19.7. The van der Waals surface area contributed by atoms with Crippen LogP contribution in [0.3, 0.4) is 0 Å². The van der Waals surface area contributed by atoms with Gasteiger partial charge in [0.15, 0.2) is 0 Å². The van der Waals surface area contributed by atoms with Crippen LogP contribution in [0.2, 0.25) is 0 Å². The minimum Gasteiger partial charge on any atom is -0.258 e. The Morgan fingerprint density at radius 3 is 2.47 bits per heavy atom. The van der Waals surface area contributed by atoms with Gasteiger partial charge in [-0.2, -0.15) is 5.26 Å². The number of nitro groups is 1. The Morgan fingerprint density at radius 1 is 1.11 bits per heavy atom. The average molecular weight is 252 g/mol. The highest BCUT2D eigenvalue weighted by molar-refractivity contribution is 5.46. The number of hydrogen-bond donors (Lipinski definition) is 0. The van der Waals surface area contributed by atoms with E-state index in [-0.39, 0.29) is 17.0 Å². The van der Waals surface area contributed by atoms with Gasteiger partial charge in [-0.3, -0.25) is 10.1 Å². The van der Waals surface area contributed by atoms with Crippen molar-refractivity contribution in [2.75, 3.05) is 0 Å². The van der Waals surface area contributed by atoms with Gasteiger partial charge in [0, 0.05) is 18.1 Å². The Labute approximate surface area is 111 Å². The maximum absolute atomic E-state index is 11.1. The van der Waals surface area contributed by atoms with Gasteiger partial charge in [0.2, 0.25) is 0 Å². The molecule has 0 saturated heterocycles. The third-order valence-electron chi connectivity index (χ3n) is 2.87. The fraction of sp³-hybridized carbons (Fsp3) is 0.133. The van der Waals surface area contributed by atoms with Crippen molar-refractivity contribution in [2.24, 2.45) is 0 Å². The van der Waals surface area contributed by atoms with E-state index < -0.39 is 0 Å². The van der Waals surface area contributed by atoms with Crippen molar-refractivity contribution >= 4 is 5.69 Å². The first kappa shape index (κ1) is 12.8. The second-order valence-corrected chi connectivity index (χ2v) is 4.22. The minimum absolute atomic E-state index is 0.0802. The Balaban J connectivity index is 2.35. The topological polar surface area (TPSA) is 66.9 Å². The molecular weight excluding hydrogens is 240 g/mol. The lowest BCUT2D eigenvalue weighted by Crippen LogP contribution is -1.98. The van der Waals surface area contributed by atoms with E-state index in [4.69, 9.17) is 5.26 Å². The zero-order valence-electron chi connectivity index (χ0n) is 10.2. The predicted octanol–water partition coefficient (Wildman–Crippen LogP) is 3.25. The fourth-order valence-electron chi connectivity index (χ4n) is 1.95. The highest BCUT2D eigenvalue weighted by Gasteiger charge is 2.14. The largest absolute Gasteiger partial charge is 0.273 e. The number of benzene rings is 2. The summed E-state index contributed by atoms with van der Waals surface area (Å²) in [6.45, 7) is 0. The summed E-state index contributed by atoms with van der Waals surface area (Å²) in [6.07, 6.45) is 0.705. The molecule has 4 nitrogen and oxygen atoms in total. The van der Waals surface area contributed by atoms with Crippen LogP contribution in [0.1, 0.15) is 16.7 Å². The summed E-state index contributed by atoms with van der Waals surface area (Å²) in [5.74, 6) is 0. The molecular formula is C15H12N2O2. The van der Waals surface area contributed by atoms with Gasteiger partial charge in [-0.1, -0.05) is 42.5 Å². The molecule has 4 heteroatoms. The molecule has 2 aromatic carbocycles. The lowest BCUT2D eigenvalue weighted by molar-refractivity contribution is -0.385. The Bertz CT molecular complexity index is 630. The van der Waals surface area contributed by atoms with Gasteiger partial charge in [-0.05, 0) is 11.1 Å². The van der Waals surface area contributed by atoms with E-state index in [9.17, 15) is 10.1 Å². The molecule has 0 atom stereocenters. The first-order valence-corrected chi connectivity index (χ1v) is 5.88. The average Bonchev–Trinajstić information content (AvgIpc) is 2.42. The maximum atomic E-state index is 11.1. The second-order valence-electron chi connectivity index (χ2n) is 4.22. The standard InChI is InChI=1S/C15H12N2O2/c16-9-8-13-6-7-14(15(11-13)17(18)19)10-12-4-2-1-3-5-12/h1-7,11H,8,10H2. The van der Waals surface area contributed by atoms with Crippen molar-refractivity contribution in [2.45, 2.75) is 12.8 Å². The van der Waals surface area contributed by atoms with E-state index in [1.807, 2.05) is 36.4 Å². The molecule has 0 aliphatic heterocycles. The summed E-state index contributed by atoms with van der Waals surface area (Å²) in [5.41, 5.74) is 2.44. The number of rotatable bonds is 4. The lowest BCUT2D eigenvalue weighted by atomic mass is 10.0. The summed E-state index contributed by atoms with van der Waals surface area (Å²) >= 11 is 0. The summed E-state index contributed by atoms with van der Waals surface area (Å²) in [6, 6.07) is 16.6. The third kappa shape index (κ3) is 3.17. The maximum Gasteiger partial charge on any atom is 0.273 e. The van der Waals surface area contributed by atoms with Crippen LogP contribution >= 0.6 is 0 Å². The quantitative estimate of drug-likeness (QED) is 0.619. The number of nitrogens with zero attached hydrogens (tertiary/aromatic N) is 2. The molecule has 0 saturated carbocycles. The molecule has 0 N–H and O–H groups in total. The van der Waals surface area contributed by atoms with Crippen LogP contribution in [0.5, 0.6) is 0 Å². The van der Waals surface area contributed by atoms with E-state index >= 15 is 0 Å². The fourth-order valence-corrected chi connectivity index (χ4v) is 1.95. The molecule has 0 aliphatic carbocycles. The molecule has 0 unspecified atom stereocenters. The highest BCUT2D eigenvalue weighted by Crippen LogP contribution is 2.23. The smallest absolute Gasteiger partial charge is 0.258 e. The second kappa shape index (κ2) is 5.78. The van der Waals surface area contributed by atoms with Crippen LogP contribution in [0.25, 0.3) is 0 Å². The lowest BCUT2D eigenvalue weighted by Gasteiger charge is -2.05. The van der Waals surface area contributed by atoms with Crippen LogP contribution in [0, 0.1) is 21.4 Å². The van der Waals surface area contributed by atoms with Crippen LogP contribution in [0.15, 0.2) is 48.5 Å². The Hall–Kier alpha value is -2.67. The molecule has 0 aromatic heterocycles. The van der Waals surface area contributed by atoms with Crippen LogP contribution < -0.4 is 0 Å². The van der Waals surface area contributed by atoms with Crippen LogP contribution in [0.4, 0.5) is 5.69 Å². The zero-order chi connectivity index (χ0) is 13.7. The van der Waals surface area contributed by atoms with Gasteiger partial charge in [-0.15, -0.1) is 0 Å². The van der Waals surface area contributed by atoms with Crippen LogP contribution in [-0.2, 0) is 12.8 Å². The third-order valence-corrected chi connectivity index (χ3v) is 2.87. The molecule has 19 heavy (non-hydrogen) atoms. The number of nitro benzene ring substituents is 1. The van der Waals surface area contributed by atoms with E-state index in [0.717, 1.165) is 5.56 Å². The molecule has 94 valence electrons. The van der Waals surface area contributed by atoms with Gasteiger partial charge in [0.1, 0.15) is 0 Å². The van der Waals surface area contributed by atoms with Crippen molar-refractivity contribution in [3.8, 4) is 6.07 Å². The molecule has 2 aromatic rings. The van der Waals surface area contributed by atoms with Crippen molar-refractivity contribution in [1.29, 1.82) is 5.26 Å². The summed E-state index contributed by atoms with van der Waals surface area (Å²) in [7, 11) is 0. The molecule has 0 radical (unpaired) electrons. The first-order chi connectivity index (χ1) is 9.20. The van der Waals surface area contributed by atoms with E-state index in [1.165, 1.54) is 6.07 Å². The first-order valence-electron chi connectivity index (χ1n) is 5.88. The van der Waals surface area contributed by atoms with Crippen molar-refractivity contribution in [3.63, 3.8) is 0 Å². The monoisotopic (exact) mass is 252 g/mol. The van der Waals surface area contributed by atoms with Gasteiger partial charge < -0.3 is 0 Å². The number of hydrogen-bond acceptors (Lipinski definition) is 3. The van der Waals surface area contributed by atoms with Crippen molar-refractivity contribution < 1.29 is 4.92 Å².